The van der Waals surface area contributed by atoms with Gasteiger partial charge in [-0.3, -0.25) is 0 Å². The van der Waals surface area contributed by atoms with Crippen molar-refractivity contribution in [1.29, 1.82) is 0 Å². The maximum absolute atomic E-state index is 13.5. The summed E-state index contributed by atoms with van der Waals surface area (Å²) in [5.74, 6) is -3.73. The average Bonchev–Trinajstić information content (AvgIpc) is 2.40. The number of halogens is 2. The molecule has 1 unspecified atom stereocenters. The Morgan fingerprint density at radius 1 is 1.53 bits per heavy atom. The Balaban J connectivity index is 2.62. The molecule has 0 aromatic rings. The van der Waals surface area contributed by atoms with Crippen LogP contribution in [0, 0.1) is 5.92 Å². The van der Waals surface area contributed by atoms with Crippen LogP contribution in [0.2, 0.25) is 0 Å². The van der Waals surface area contributed by atoms with E-state index in [0.29, 0.717) is 0 Å². The van der Waals surface area contributed by atoms with E-state index in [1.165, 1.54) is 0 Å². The fraction of sp³-hybridized carbons (Fsp3) is 0.909. The Labute approximate surface area is 100 Å². The minimum absolute atomic E-state index is 0.0130. The first kappa shape index (κ1) is 14.2. The highest BCUT2D eigenvalue weighted by molar-refractivity contribution is 5.68. The SMILES string of the molecule is CC(C)(C)OC(=O)N1CC(CCN)C(F)(F)C1. The molecule has 0 radical (unpaired) electrons. The van der Waals surface area contributed by atoms with Crippen LogP contribution >= 0.6 is 0 Å². The van der Waals surface area contributed by atoms with Gasteiger partial charge in [0.05, 0.1) is 6.54 Å². The molecular formula is C11H20F2N2O2. The van der Waals surface area contributed by atoms with Gasteiger partial charge in [0.1, 0.15) is 5.60 Å². The van der Waals surface area contributed by atoms with Crippen LogP contribution in [0.5, 0.6) is 0 Å². The van der Waals surface area contributed by atoms with Crippen LogP contribution in [0.3, 0.4) is 0 Å². The molecule has 17 heavy (non-hydrogen) atoms. The first-order valence-electron chi connectivity index (χ1n) is 5.71. The fourth-order valence-electron chi connectivity index (χ4n) is 1.82. The summed E-state index contributed by atoms with van der Waals surface area (Å²) in [7, 11) is 0. The summed E-state index contributed by atoms with van der Waals surface area (Å²) in [5.41, 5.74) is 4.62. The highest BCUT2D eigenvalue weighted by atomic mass is 19.3. The van der Waals surface area contributed by atoms with Crippen molar-refractivity contribution in [3.8, 4) is 0 Å². The molecule has 1 rings (SSSR count). The minimum Gasteiger partial charge on any atom is -0.444 e. The monoisotopic (exact) mass is 250 g/mol. The molecule has 1 heterocycles. The van der Waals surface area contributed by atoms with E-state index in [0.717, 1.165) is 4.90 Å². The third-order valence-electron chi connectivity index (χ3n) is 2.61. The molecule has 1 amide bonds. The molecule has 1 saturated heterocycles. The van der Waals surface area contributed by atoms with Crippen LogP contribution in [0.4, 0.5) is 13.6 Å². The number of nitrogens with zero attached hydrogens (tertiary/aromatic N) is 1. The second kappa shape index (κ2) is 4.76. The summed E-state index contributed by atoms with van der Waals surface area (Å²) in [4.78, 5) is 12.7. The van der Waals surface area contributed by atoms with Gasteiger partial charge in [-0.2, -0.15) is 0 Å². The molecule has 0 aromatic carbocycles. The third-order valence-corrected chi connectivity index (χ3v) is 2.61. The molecule has 2 N–H and O–H groups in total. The van der Waals surface area contributed by atoms with Gasteiger partial charge >= 0.3 is 6.09 Å². The molecule has 100 valence electrons. The Morgan fingerprint density at radius 2 is 2.12 bits per heavy atom. The number of nitrogens with two attached hydrogens (primary N) is 1. The van der Waals surface area contributed by atoms with Gasteiger partial charge in [-0.05, 0) is 33.7 Å². The van der Waals surface area contributed by atoms with E-state index in [4.69, 9.17) is 10.5 Å². The number of ether oxygens (including phenoxy) is 1. The Bertz CT molecular complexity index is 290. The Kier molecular flexibility index (Phi) is 3.96. The number of hydrogen-bond donors (Lipinski definition) is 1. The zero-order valence-corrected chi connectivity index (χ0v) is 10.5. The van der Waals surface area contributed by atoms with E-state index < -0.39 is 30.1 Å². The van der Waals surface area contributed by atoms with Gasteiger partial charge in [0.15, 0.2) is 0 Å². The molecule has 0 aromatic heterocycles. The molecule has 4 nitrogen and oxygen atoms in total. The summed E-state index contributed by atoms with van der Waals surface area (Å²) in [6.07, 6.45) is -0.469. The predicted molar refractivity (Wildman–Crippen MR) is 59.9 cm³/mol. The fourth-order valence-corrected chi connectivity index (χ4v) is 1.82. The summed E-state index contributed by atoms with van der Waals surface area (Å²) in [5, 5.41) is 0. The molecule has 1 aliphatic heterocycles. The van der Waals surface area contributed by atoms with Crippen molar-refractivity contribution in [3.05, 3.63) is 0 Å². The molecule has 1 atom stereocenters. The largest absolute Gasteiger partial charge is 0.444 e. The quantitative estimate of drug-likeness (QED) is 0.813. The van der Waals surface area contributed by atoms with Crippen LogP contribution in [0.25, 0.3) is 0 Å². The second-order valence-electron chi connectivity index (χ2n) is 5.40. The van der Waals surface area contributed by atoms with Crippen LogP contribution in [0.15, 0.2) is 0 Å². The first-order chi connectivity index (χ1) is 7.65. The maximum Gasteiger partial charge on any atom is 0.410 e. The van der Waals surface area contributed by atoms with Crippen LogP contribution < -0.4 is 5.73 Å². The topological polar surface area (TPSA) is 55.6 Å². The van der Waals surface area contributed by atoms with Crippen molar-refractivity contribution < 1.29 is 18.3 Å². The number of likely N-dealkylation sites (tertiary alicyclic amines) is 1. The maximum atomic E-state index is 13.5. The van der Waals surface area contributed by atoms with E-state index in [-0.39, 0.29) is 19.5 Å². The normalized spacial score (nSPS) is 23.9. The molecule has 0 spiro atoms. The molecular weight excluding hydrogens is 230 g/mol. The summed E-state index contributed by atoms with van der Waals surface area (Å²) < 4.78 is 32.1. The van der Waals surface area contributed by atoms with Gasteiger partial charge in [0.2, 0.25) is 0 Å². The lowest BCUT2D eigenvalue weighted by atomic mass is 10.0. The molecule has 0 aliphatic carbocycles. The number of carbonyl (C=O) groups is 1. The van der Waals surface area contributed by atoms with Crippen molar-refractivity contribution in [2.75, 3.05) is 19.6 Å². The van der Waals surface area contributed by atoms with E-state index >= 15 is 0 Å². The average molecular weight is 250 g/mol. The highest BCUT2D eigenvalue weighted by Crippen LogP contribution is 2.35. The third kappa shape index (κ3) is 3.80. The summed E-state index contributed by atoms with van der Waals surface area (Å²) >= 11 is 0. The van der Waals surface area contributed by atoms with Crippen LogP contribution in [-0.4, -0.2) is 42.2 Å². The van der Waals surface area contributed by atoms with E-state index in [2.05, 4.69) is 0 Å². The molecule has 0 saturated carbocycles. The number of alkyl halides is 2. The minimum atomic E-state index is -2.86. The molecule has 1 fully saturated rings. The Hall–Kier alpha value is -0.910. The second-order valence-corrected chi connectivity index (χ2v) is 5.40. The van der Waals surface area contributed by atoms with Gasteiger partial charge in [0.25, 0.3) is 5.92 Å². The van der Waals surface area contributed by atoms with Crippen LogP contribution in [0.1, 0.15) is 27.2 Å². The van der Waals surface area contributed by atoms with Gasteiger partial charge < -0.3 is 15.4 Å². The first-order valence-corrected chi connectivity index (χ1v) is 5.71. The van der Waals surface area contributed by atoms with E-state index in [1.807, 2.05) is 0 Å². The summed E-state index contributed by atoms with van der Waals surface area (Å²) in [6.45, 7) is 4.75. The number of carbonyl (C=O) groups excluding carboxylic acids is 1. The van der Waals surface area contributed by atoms with E-state index in [9.17, 15) is 13.6 Å². The van der Waals surface area contributed by atoms with Crippen molar-refractivity contribution >= 4 is 6.09 Å². The van der Waals surface area contributed by atoms with Gasteiger partial charge in [-0.1, -0.05) is 0 Å². The van der Waals surface area contributed by atoms with Crippen LogP contribution in [-0.2, 0) is 4.74 Å². The molecule has 0 bridgehead atoms. The van der Waals surface area contributed by atoms with Crippen molar-refractivity contribution in [3.63, 3.8) is 0 Å². The van der Waals surface area contributed by atoms with Crippen molar-refractivity contribution in [1.82, 2.24) is 4.90 Å². The zero-order chi connectivity index (χ0) is 13.3. The summed E-state index contributed by atoms with van der Waals surface area (Å²) in [6, 6.07) is 0. The highest BCUT2D eigenvalue weighted by Gasteiger charge is 2.49. The van der Waals surface area contributed by atoms with Gasteiger partial charge in [-0.15, -0.1) is 0 Å². The van der Waals surface area contributed by atoms with Gasteiger partial charge in [0, 0.05) is 12.5 Å². The number of rotatable bonds is 2. The predicted octanol–water partition coefficient (Wildman–Crippen LogP) is 1.84. The van der Waals surface area contributed by atoms with E-state index in [1.54, 1.807) is 20.8 Å². The number of hydrogen-bond acceptors (Lipinski definition) is 3. The standard InChI is InChI=1S/C11H20F2N2O2/c1-10(2,3)17-9(16)15-6-8(4-5-14)11(12,13)7-15/h8H,4-7,14H2,1-3H3. The van der Waals surface area contributed by atoms with Gasteiger partial charge in [-0.25, -0.2) is 13.6 Å². The molecule has 6 heteroatoms. The molecule has 1 aliphatic rings. The van der Waals surface area contributed by atoms with Crippen molar-refractivity contribution in [2.24, 2.45) is 11.7 Å². The van der Waals surface area contributed by atoms with Crippen molar-refractivity contribution in [2.45, 2.75) is 38.7 Å². The number of amides is 1. The lowest BCUT2D eigenvalue weighted by Crippen LogP contribution is -2.36. The smallest absolute Gasteiger partial charge is 0.410 e. The Morgan fingerprint density at radius 3 is 2.59 bits per heavy atom. The lowest BCUT2D eigenvalue weighted by molar-refractivity contribution is -0.0312. The zero-order valence-electron chi connectivity index (χ0n) is 10.5. The lowest BCUT2D eigenvalue weighted by Gasteiger charge is -2.24.